The van der Waals surface area contributed by atoms with Crippen LogP contribution in [0.25, 0.3) is 10.8 Å². The van der Waals surface area contributed by atoms with Crippen LogP contribution in [0.1, 0.15) is 133 Å². The molecule has 0 unspecified atom stereocenters. The monoisotopic (exact) mass is 1220 g/mol. The minimum atomic E-state index is -1.75. The van der Waals surface area contributed by atoms with Crippen molar-refractivity contribution in [2.24, 2.45) is 29.6 Å². The molecule has 16 heteroatoms. The van der Waals surface area contributed by atoms with Gasteiger partial charge in [-0.1, -0.05) is 118 Å². The first-order valence-electron chi connectivity index (χ1n) is 30.5. The predicted octanol–water partition coefficient (Wildman–Crippen LogP) is 12.9. The number of Topliss-reactive ketones (excluding diaryl/α,β-unsaturated/α-hetero) is 1. The molecule has 6 aromatic rings. The molecule has 12 nitrogen and oxygen atoms in total. The van der Waals surface area contributed by atoms with Crippen molar-refractivity contribution in [1.82, 2.24) is 10.3 Å². The number of hydrogen-bond acceptors (Lipinski definition) is 15. The molecule has 3 heterocycles. The summed E-state index contributed by atoms with van der Waals surface area (Å²) in [6, 6.07) is 27.2. The van der Waals surface area contributed by atoms with E-state index in [2.05, 4.69) is 47.6 Å². The van der Waals surface area contributed by atoms with Gasteiger partial charge in [0, 0.05) is 78.1 Å². The van der Waals surface area contributed by atoms with E-state index in [1.807, 2.05) is 62.8 Å². The lowest BCUT2D eigenvalue weighted by molar-refractivity contribution is -0.150. The van der Waals surface area contributed by atoms with Crippen molar-refractivity contribution < 1.29 is 49.6 Å². The van der Waals surface area contributed by atoms with E-state index in [4.69, 9.17) is 14.2 Å². The highest BCUT2D eigenvalue weighted by Crippen LogP contribution is 2.58. The van der Waals surface area contributed by atoms with E-state index in [1.54, 1.807) is 68.5 Å². The number of fused-ring (bicyclic) bond motifs is 5. The number of carbonyl (C=O) groups is 1. The van der Waals surface area contributed by atoms with Crippen LogP contribution in [0.2, 0.25) is 0 Å². The first-order chi connectivity index (χ1) is 40.8. The minimum Gasteiger partial charge on any atom is -0.508 e. The van der Waals surface area contributed by atoms with Crippen molar-refractivity contribution in [3.8, 4) is 28.7 Å². The number of benzene rings is 5. The van der Waals surface area contributed by atoms with E-state index in [-0.39, 0.29) is 53.3 Å². The number of rotatable bonds is 12. The predicted molar refractivity (Wildman–Crippen MR) is 342 cm³/mol. The van der Waals surface area contributed by atoms with Gasteiger partial charge in [-0.25, -0.2) is 0 Å². The zero-order valence-corrected chi connectivity index (χ0v) is 52.2. The Morgan fingerprint density at radius 3 is 2.39 bits per heavy atom. The average Bonchev–Trinajstić information content (AvgIpc) is 0.859. The molecule has 2 aliphatic heterocycles. The fourth-order valence-electron chi connectivity index (χ4n) is 15.4. The van der Waals surface area contributed by atoms with Crippen LogP contribution in [0.4, 0.5) is 0 Å². The maximum absolute atomic E-state index is 17.6. The van der Waals surface area contributed by atoms with E-state index in [9.17, 15) is 30.6 Å². The molecule has 3 aliphatic carbocycles. The lowest BCUT2D eigenvalue weighted by Crippen LogP contribution is -2.62. The average molecular weight is 1220 g/mol. The van der Waals surface area contributed by atoms with Gasteiger partial charge in [0.05, 0.1) is 36.6 Å². The lowest BCUT2D eigenvalue weighted by Gasteiger charge is -2.53. The van der Waals surface area contributed by atoms with Gasteiger partial charge in [0.1, 0.15) is 11.9 Å². The zero-order chi connectivity index (χ0) is 58.7. The quantitative estimate of drug-likeness (QED) is 0.0539. The molecule has 84 heavy (non-hydrogen) atoms. The number of ether oxygens (including phenoxy) is 3. The number of aromatic hydroxyl groups is 3. The van der Waals surface area contributed by atoms with Crippen LogP contribution in [-0.2, 0) is 46.2 Å². The zero-order valence-electron chi connectivity index (χ0n) is 48.9. The molecule has 8 N–H and O–H groups in total. The number of ketones is 1. The molecule has 0 saturated heterocycles. The standard InChI is InChI=1S/C68H84N2O10S4/c1-5-42-15-16-43-11-10-12-52-60(35-71)84-83-38-48-29-61(75)68(50-30-49(31-51(72)32-50)67(69-3)22-8-7-9-23-67,55-39-82-81-37-46-14-13-41(36-79-6-2)26-58(46)80-59-28-45(55)18-19-56(59)73)66(77)63(48)64(76)47(25-40-21-24-70-34-40)27-44-17-20-57(74)65(78-4)54(44)33-53(42)62(43)52/h10-12,15-21,24,28,30-32,34,41,46-48,55,58,60-61,63-64,69-76H,5-9,13-14,22-23,25-27,29,33,35-39H2,1-4H3/t41-,46+,47+,48-,55+,58-,60-,61+,63+,64-,68-/m0/s1. The molecule has 1 aromatic heterocycles. The van der Waals surface area contributed by atoms with Gasteiger partial charge in [-0.05, 0) is 181 Å². The normalized spacial score (nSPS) is 28.5. The Bertz CT molecular complexity index is 3250. The third kappa shape index (κ3) is 12.0. The Labute approximate surface area is 511 Å². The number of aliphatic hydroxyl groups excluding tert-OH is 3. The molecule has 450 valence electrons. The van der Waals surface area contributed by atoms with Crippen LogP contribution in [0.5, 0.6) is 28.7 Å². The summed E-state index contributed by atoms with van der Waals surface area (Å²) in [5, 5.41) is 80.4. The Morgan fingerprint density at radius 1 is 0.833 bits per heavy atom. The van der Waals surface area contributed by atoms with E-state index >= 15 is 4.79 Å². The van der Waals surface area contributed by atoms with Crippen LogP contribution in [-0.4, -0.2) is 111 Å². The molecule has 11 rings (SSSR count). The van der Waals surface area contributed by atoms with E-state index < -0.39 is 46.8 Å². The van der Waals surface area contributed by atoms with E-state index in [0.717, 1.165) is 113 Å². The number of aryl methyl sites for hydroxylation is 1. The van der Waals surface area contributed by atoms with Gasteiger partial charge in [0.15, 0.2) is 28.8 Å². The third-order valence-corrected chi connectivity index (χ3v) is 25.2. The van der Waals surface area contributed by atoms with Gasteiger partial charge < -0.3 is 55.2 Å². The van der Waals surface area contributed by atoms with Crippen LogP contribution >= 0.6 is 43.2 Å². The summed E-state index contributed by atoms with van der Waals surface area (Å²) in [7, 11) is 10.1. The number of phenols is 3. The summed E-state index contributed by atoms with van der Waals surface area (Å²) in [5.74, 6) is -0.493. The fourth-order valence-corrected chi connectivity index (χ4v) is 21.1. The van der Waals surface area contributed by atoms with Gasteiger partial charge in [-0.3, -0.25) is 4.79 Å². The Balaban J connectivity index is 1.11. The van der Waals surface area contributed by atoms with Gasteiger partial charge in [0.2, 0.25) is 0 Å². The molecule has 0 amide bonds. The highest BCUT2D eigenvalue weighted by molar-refractivity contribution is 8.77. The highest BCUT2D eigenvalue weighted by Gasteiger charge is 2.62. The van der Waals surface area contributed by atoms with Crippen molar-refractivity contribution in [3.05, 3.63) is 147 Å². The first-order valence-corrected chi connectivity index (χ1v) is 35.4. The SMILES string of the molecule is CCOC[C@H]1CC[C@@H]2CSSC[C@@H]([C@]3(c4cc(O)cc(C5(NC)CCCCC5)c4)C(=O)[C@@H]4[C@H](CSS[C@@H](CO)c5cccc6ccc(CC)c(c56)Cc5c(ccc(O)c5OC)C[C@@H](Cc5cc[nH]c5)[C@@H]4O)C[C@H]3O)c3ccc(O)c(c3)O[C@H]2C1. The maximum Gasteiger partial charge on any atom is 0.164 e. The molecule has 5 aliphatic rings. The molecule has 0 radical (unpaired) electrons. The van der Waals surface area contributed by atoms with Crippen molar-refractivity contribution in [2.75, 3.05) is 51.2 Å². The van der Waals surface area contributed by atoms with Gasteiger partial charge in [-0.15, -0.1) is 0 Å². The fraction of sp³-hybridized carbons (Fsp3) is 0.515. The van der Waals surface area contributed by atoms with Gasteiger partial charge in [0.25, 0.3) is 0 Å². The maximum atomic E-state index is 17.6. The number of nitrogens with one attached hydrogen (secondary N) is 2. The number of aliphatic hydroxyl groups is 3. The highest BCUT2D eigenvalue weighted by atomic mass is 33.1. The Morgan fingerprint density at radius 2 is 1.63 bits per heavy atom. The summed E-state index contributed by atoms with van der Waals surface area (Å²) in [5.41, 5.74) is 5.61. The molecule has 3 fully saturated rings. The lowest BCUT2D eigenvalue weighted by atomic mass is 9.52. The number of aromatic nitrogens is 1. The van der Waals surface area contributed by atoms with Gasteiger partial charge in [-0.2, -0.15) is 0 Å². The molecule has 11 atom stereocenters. The number of methoxy groups -OCH3 is 1. The summed E-state index contributed by atoms with van der Waals surface area (Å²) in [4.78, 5) is 20.9. The minimum absolute atomic E-state index is 0.000383. The molecular formula is C68H84N2O10S4. The van der Waals surface area contributed by atoms with E-state index in [1.165, 1.54) is 0 Å². The Hall–Kier alpha value is -4.49. The molecule has 5 aromatic carbocycles. The number of phenolic OH excluding ortho intramolecular Hbond substituents is 3. The van der Waals surface area contributed by atoms with E-state index in [0.29, 0.717) is 72.5 Å². The number of carbonyl (C=O) groups excluding carboxylic acids is 1. The van der Waals surface area contributed by atoms with Crippen molar-refractivity contribution in [2.45, 2.75) is 138 Å². The number of H-pyrrole nitrogens is 1. The van der Waals surface area contributed by atoms with Crippen LogP contribution in [0.3, 0.4) is 0 Å². The van der Waals surface area contributed by atoms with Crippen molar-refractivity contribution >= 4 is 59.7 Å². The van der Waals surface area contributed by atoms with Gasteiger partial charge >= 0.3 is 0 Å². The summed E-state index contributed by atoms with van der Waals surface area (Å²) in [6.45, 7) is 5.29. The summed E-state index contributed by atoms with van der Waals surface area (Å²) < 4.78 is 19.1. The molecule has 0 spiro atoms. The van der Waals surface area contributed by atoms with Crippen LogP contribution < -0.4 is 14.8 Å². The number of hydrogen-bond donors (Lipinski definition) is 8. The third-order valence-electron chi connectivity index (χ3n) is 19.8. The van der Waals surface area contributed by atoms with Crippen molar-refractivity contribution in [3.63, 3.8) is 0 Å². The van der Waals surface area contributed by atoms with Crippen LogP contribution in [0, 0.1) is 29.6 Å². The smallest absolute Gasteiger partial charge is 0.164 e. The Kier molecular flexibility index (Phi) is 19.6. The number of aromatic amines is 1. The largest absolute Gasteiger partial charge is 0.508 e. The first kappa shape index (κ1) is 61.2. The second kappa shape index (κ2) is 26.9. The molecular weight excluding hydrogens is 1130 g/mol. The van der Waals surface area contributed by atoms with Crippen LogP contribution in [0.15, 0.2) is 97.3 Å². The van der Waals surface area contributed by atoms with Crippen molar-refractivity contribution in [1.29, 1.82) is 0 Å². The summed E-state index contributed by atoms with van der Waals surface area (Å²) in [6.07, 6.45) is 10.5. The summed E-state index contributed by atoms with van der Waals surface area (Å²) >= 11 is 0. The second-order valence-corrected chi connectivity index (χ2v) is 29.6. The molecule has 3 saturated carbocycles. The second-order valence-electron chi connectivity index (χ2n) is 24.4. The topological polar surface area (TPSA) is 194 Å². The molecule has 2 bridgehead atoms.